The van der Waals surface area contributed by atoms with Gasteiger partial charge >= 0.3 is 0 Å². The average Bonchev–Trinajstić information content (AvgIpc) is 2.40. The molecule has 1 aromatic heterocycles. The molecule has 92 valence electrons. The zero-order chi connectivity index (χ0) is 13.0. The molecule has 0 atom stereocenters. The number of carbonyl (C=O) groups is 1. The number of nitrogens with zero attached hydrogens (tertiary/aromatic N) is 2. The first-order valence-electron chi connectivity index (χ1n) is 5.49. The number of phenols is 1. The minimum Gasteiger partial charge on any atom is -0.508 e. The number of hydrogen-bond donors (Lipinski definition) is 2. The summed E-state index contributed by atoms with van der Waals surface area (Å²) in [6.45, 7) is 2.10. The first-order chi connectivity index (χ1) is 8.66. The molecule has 0 aliphatic carbocycles. The lowest BCUT2D eigenvalue weighted by Crippen LogP contribution is -2.23. The van der Waals surface area contributed by atoms with Gasteiger partial charge in [-0.1, -0.05) is 0 Å². The van der Waals surface area contributed by atoms with Crippen LogP contribution < -0.4 is 5.32 Å². The number of benzene rings is 1. The normalized spacial score (nSPS) is 10.1. The monoisotopic (exact) mass is 243 g/mol. The first kappa shape index (κ1) is 12.0. The van der Waals surface area contributed by atoms with Gasteiger partial charge in [0.2, 0.25) is 0 Å². The lowest BCUT2D eigenvalue weighted by atomic mass is 10.1. The predicted molar refractivity (Wildman–Crippen MR) is 66.0 cm³/mol. The second-order valence-corrected chi connectivity index (χ2v) is 3.88. The second-order valence-electron chi connectivity index (χ2n) is 3.88. The maximum absolute atomic E-state index is 11.8. The Labute approximate surface area is 105 Å². The van der Waals surface area contributed by atoms with E-state index in [9.17, 15) is 9.90 Å². The molecule has 5 heteroatoms. The molecular formula is C13H13N3O2. The van der Waals surface area contributed by atoms with E-state index in [1.807, 2.05) is 0 Å². The van der Waals surface area contributed by atoms with Crippen LogP contribution in [0.15, 0.2) is 36.8 Å². The van der Waals surface area contributed by atoms with Crippen molar-refractivity contribution < 1.29 is 9.90 Å². The van der Waals surface area contributed by atoms with E-state index in [1.54, 1.807) is 31.3 Å². The Kier molecular flexibility index (Phi) is 3.52. The van der Waals surface area contributed by atoms with E-state index < -0.39 is 0 Å². The van der Waals surface area contributed by atoms with Crippen molar-refractivity contribution in [3.05, 3.63) is 53.6 Å². The molecule has 0 saturated heterocycles. The lowest BCUT2D eigenvalue weighted by molar-refractivity contribution is 0.0950. The zero-order valence-corrected chi connectivity index (χ0v) is 9.92. The molecule has 0 saturated carbocycles. The fraction of sp³-hybridized carbons (Fsp3) is 0.154. The Morgan fingerprint density at radius 2 is 2.22 bits per heavy atom. The van der Waals surface area contributed by atoms with Crippen LogP contribution in [0.2, 0.25) is 0 Å². The number of rotatable bonds is 3. The molecule has 1 amide bonds. The van der Waals surface area contributed by atoms with Gasteiger partial charge in [0.05, 0.1) is 12.2 Å². The van der Waals surface area contributed by atoms with Crippen molar-refractivity contribution >= 4 is 5.91 Å². The topological polar surface area (TPSA) is 75.1 Å². The maximum atomic E-state index is 11.8. The number of amides is 1. The van der Waals surface area contributed by atoms with Crippen LogP contribution in [0.5, 0.6) is 5.75 Å². The SMILES string of the molecule is Cc1cc(C(=O)NCc2ccncn2)ccc1O. The molecular weight excluding hydrogens is 230 g/mol. The fourth-order valence-corrected chi connectivity index (χ4v) is 1.49. The number of hydrogen-bond acceptors (Lipinski definition) is 4. The van der Waals surface area contributed by atoms with E-state index in [2.05, 4.69) is 15.3 Å². The summed E-state index contributed by atoms with van der Waals surface area (Å²) in [5.41, 5.74) is 1.93. The zero-order valence-electron chi connectivity index (χ0n) is 9.92. The van der Waals surface area contributed by atoms with E-state index in [0.29, 0.717) is 17.7 Å². The van der Waals surface area contributed by atoms with Gasteiger partial charge in [-0.15, -0.1) is 0 Å². The Balaban J connectivity index is 2.02. The highest BCUT2D eigenvalue weighted by molar-refractivity contribution is 5.94. The van der Waals surface area contributed by atoms with Crippen molar-refractivity contribution in [2.75, 3.05) is 0 Å². The molecule has 2 rings (SSSR count). The number of aromatic nitrogens is 2. The van der Waals surface area contributed by atoms with Crippen molar-refractivity contribution in [1.82, 2.24) is 15.3 Å². The van der Waals surface area contributed by atoms with E-state index in [0.717, 1.165) is 5.69 Å². The van der Waals surface area contributed by atoms with Crippen molar-refractivity contribution in [2.24, 2.45) is 0 Å². The van der Waals surface area contributed by atoms with Gasteiger partial charge < -0.3 is 10.4 Å². The van der Waals surface area contributed by atoms with E-state index >= 15 is 0 Å². The summed E-state index contributed by atoms with van der Waals surface area (Å²) in [7, 11) is 0. The van der Waals surface area contributed by atoms with Gasteiger partial charge in [-0.25, -0.2) is 9.97 Å². The van der Waals surface area contributed by atoms with Gasteiger partial charge in [0.15, 0.2) is 0 Å². The van der Waals surface area contributed by atoms with Crippen LogP contribution in [0.4, 0.5) is 0 Å². The molecule has 0 aliphatic rings. The summed E-state index contributed by atoms with van der Waals surface area (Å²) in [6.07, 6.45) is 3.06. The Bertz CT molecular complexity index is 555. The van der Waals surface area contributed by atoms with Crippen molar-refractivity contribution in [1.29, 1.82) is 0 Å². The van der Waals surface area contributed by atoms with Crippen LogP contribution in [0.1, 0.15) is 21.6 Å². The summed E-state index contributed by atoms with van der Waals surface area (Å²) in [4.78, 5) is 19.7. The molecule has 0 spiro atoms. The van der Waals surface area contributed by atoms with Crippen LogP contribution >= 0.6 is 0 Å². The number of aryl methyl sites for hydroxylation is 1. The Morgan fingerprint density at radius 1 is 1.39 bits per heavy atom. The largest absolute Gasteiger partial charge is 0.508 e. The van der Waals surface area contributed by atoms with Crippen molar-refractivity contribution in [3.63, 3.8) is 0 Å². The molecule has 5 nitrogen and oxygen atoms in total. The summed E-state index contributed by atoms with van der Waals surface area (Å²) in [6, 6.07) is 6.47. The average molecular weight is 243 g/mol. The second kappa shape index (κ2) is 5.27. The van der Waals surface area contributed by atoms with Crippen LogP contribution in [0.25, 0.3) is 0 Å². The highest BCUT2D eigenvalue weighted by Crippen LogP contribution is 2.16. The molecule has 0 unspecified atom stereocenters. The molecule has 0 radical (unpaired) electrons. The number of nitrogens with one attached hydrogen (secondary N) is 1. The maximum Gasteiger partial charge on any atom is 0.251 e. The molecule has 2 N–H and O–H groups in total. The molecule has 18 heavy (non-hydrogen) atoms. The Hall–Kier alpha value is -2.43. The number of aromatic hydroxyl groups is 1. The van der Waals surface area contributed by atoms with E-state index in [-0.39, 0.29) is 11.7 Å². The summed E-state index contributed by atoms with van der Waals surface area (Å²) < 4.78 is 0. The minimum absolute atomic E-state index is 0.183. The third-order valence-corrected chi connectivity index (χ3v) is 2.53. The first-order valence-corrected chi connectivity index (χ1v) is 5.49. The molecule has 1 aromatic carbocycles. The third kappa shape index (κ3) is 2.82. The van der Waals surface area contributed by atoms with Gasteiger partial charge in [0.25, 0.3) is 5.91 Å². The lowest BCUT2D eigenvalue weighted by Gasteiger charge is -2.06. The number of carbonyl (C=O) groups excluding carboxylic acids is 1. The van der Waals surface area contributed by atoms with Gasteiger partial charge in [0, 0.05) is 11.8 Å². The predicted octanol–water partition coefficient (Wildman–Crippen LogP) is 1.42. The van der Waals surface area contributed by atoms with Crippen molar-refractivity contribution in [2.45, 2.75) is 13.5 Å². The highest BCUT2D eigenvalue weighted by Gasteiger charge is 2.07. The molecule has 0 bridgehead atoms. The van der Waals surface area contributed by atoms with Gasteiger partial charge in [-0.2, -0.15) is 0 Å². The minimum atomic E-state index is -0.197. The van der Waals surface area contributed by atoms with Crippen LogP contribution in [0, 0.1) is 6.92 Å². The standard InChI is InChI=1S/C13H13N3O2/c1-9-6-10(2-3-12(9)17)13(18)15-7-11-4-5-14-8-16-11/h2-6,8,17H,7H2,1H3,(H,15,18). The molecule has 0 fully saturated rings. The van der Waals surface area contributed by atoms with Gasteiger partial charge in [-0.05, 0) is 36.8 Å². The summed E-state index contributed by atoms with van der Waals surface area (Å²) in [5, 5.41) is 12.1. The summed E-state index contributed by atoms with van der Waals surface area (Å²) >= 11 is 0. The smallest absolute Gasteiger partial charge is 0.251 e. The van der Waals surface area contributed by atoms with E-state index in [1.165, 1.54) is 12.4 Å². The summed E-state index contributed by atoms with van der Waals surface area (Å²) in [5.74, 6) is -0.0148. The van der Waals surface area contributed by atoms with Crippen molar-refractivity contribution in [3.8, 4) is 5.75 Å². The quantitative estimate of drug-likeness (QED) is 0.855. The third-order valence-electron chi connectivity index (χ3n) is 2.53. The fourth-order valence-electron chi connectivity index (χ4n) is 1.49. The molecule has 2 aromatic rings. The number of phenolic OH excluding ortho intramolecular Hbond substituents is 1. The molecule has 1 heterocycles. The van der Waals surface area contributed by atoms with Crippen LogP contribution in [-0.2, 0) is 6.54 Å². The molecule has 0 aliphatic heterocycles. The van der Waals surface area contributed by atoms with Gasteiger partial charge in [0.1, 0.15) is 12.1 Å². The van der Waals surface area contributed by atoms with Gasteiger partial charge in [-0.3, -0.25) is 4.79 Å². The van der Waals surface area contributed by atoms with E-state index in [4.69, 9.17) is 0 Å². The van der Waals surface area contributed by atoms with Crippen LogP contribution in [0.3, 0.4) is 0 Å². The highest BCUT2D eigenvalue weighted by atomic mass is 16.3. The Morgan fingerprint density at radius 3 is 2.89 bits per heavy atom. The van der Waals surface area contributed by atoms with Crippen LogP contribution in [-0.4, -0.2) is 21.0 Å².